The largest absolute Gasteiger partial charge is 0.370 e. The van der Waals surface area contributed by atoms with Crippen LogP contribution in [0.2, 0.25) is 25.2 Å². The predicted molar refractivity (Wildman–Crippen MR) is 139 cm³/mol. The fraction of sp³-hybridized carbons (Fsp3) is 0.963. The molecule has 0 aliphatic heterocycles. The van der Waals surface area contributed by atoms with Crippen molar-refractivity contribution in [1.82, 2.24) is 0 Å². The molecular formula is C27H57NOSi. The van der Waals surface area contributed by atoms with Crippen LogP contribution >= 0.6 is 0 Å². The first-order chi connectivity index (χ1) is 14.5. The molecule has 0 radical (unpaired) electrons. The summed E-state index contributed by atoms with van der Waals surface area (Å²) in [5.74, 6) is -0.145. The van der Waals surface area contributed by atoms with Crippen molar-refractivity contribution >= 4 is 14.0 Å². The van der Waals surface area contributed by atoms with E-state index in [-0.39, 0.29) is 5.91 Å². The molecule has 0 saturated heterocycles. The Morgan fingerprint density at radius 1 is 0.533 bits per heavy atom. The summed E-state index contributed by atoms with van der Waals surface area (Å²) in [7, 11) is -0.984. The van der Waals surface area contributed by atoms with Crippen molar-refractivity contribution in [2.45, 2.75) is 167 Å². The maximum atomic E-state index is 10.7. The van der Waals surface area contributed by atoms with E-state index in [9.17, 15) is 4.79 Å². The van der Waals surface area contributed by atoms with E-state index >= 15 is 0 Å². The third-order valence-corrected chi connectivity index (χ3v) is 10.1. The molecule has 30 heavy (non-hydrogen) atoms. The van der Waals surface area contributed by atoms with Gasteiger partial charge >= 0.3 is 0 Å². The SMILES string of the molecule is CCCCCCCCCCCCCCCCCC[Si](C)(C)CCCCCCC(N)=O. The molecule has 0 heterocycles. The topological polar surface area (TPSA) is 43.1 Å². The number of carbonyl (C=O) groups excluding carboxylic acids is 1. The van der Waals surface area contributed by atoms with Crippen LogP contribution < -0.4 is 5.73 Å². The summed E-state index contributed by atoms with van der Waals surface area (Å²) in [5, 5.41) is 0. The Morgan fingerprint density at radius 3 is 1.17 bits per heavy atom. The lowest BCUT2D eigenvalue weighted by Gasteiger charge is -2.22. The molecular weight excluding hydrogens is 382 g/mol. The third-order valence-electron chi connectivity index (χ3n) is 6.73. The van der Waals surface area contributed by atoms with Gasteiger partial charge in [0.25, 0.3) is 0 Å². The van der Waals surface area contributed by atoms with E-state index in [1.165, 1.54) is 134 Å². The number of amides is 1. The minimum Gasteiger partial charge on any atom is -0.370 e. The number of unbranched alkanes of at least 4 members (excludes halogenated alkanes) is 18. The Balaban J connectivity index is 3.27. The van der Waals surface area contributed by atoms with E-state index in [2.05, 4.69) is 20.0 Å². The first-order valence-corrected chi connectivity index (χ1v) is 17.2. The molecule has 0 bridgehead atoms. The fourth-order valence-corrected chi connectivity index (χ4v) is 7.20. The second kappa shape index (κ2) is 21.9. The van der Waals surface area contributed by atoms with Gasteiger partial charge in [0.05, 0.1) is 0 Å². The highest BCUT2D eigenvalue weighted by atomic mass is 28.3. The number of nitrogens with two attached hydrogens (primary N) is 1. The predicted octanol–water partition coefficient (Wildman–Crippen LogP) is 9.39. The van der Waals surface area contributed by atoms with Crippen molar-refractivity contribution < 1.29 is 4.79 Å². The van der Waals surface area contributed by atoms with Gasteiger partial charge in [-0.1, -0.05) is 154 Å². The van der Waals surface area contributed by atoms with E-state index in [4.69, 9.17) is 5.73 Å². The smallest absolute Gasteiger partial charge is 0.217 e. The van der Waals surface area contributed by atoms with Gasteiger partial charge in [0.15, 0.2) is 0 Å². The van der Waals surface area contributed by atoms with Crippen molar-refractivity contribution in [2.24, 2.45) is 5.73 Å². The lowest BCUT2D eigenvalue weighted by molar-refractivity contribution is -0.118. The minimum absolute atomic E-state index is 0.145. The van der Waals surface area contributed by atoms with Gasteiger partial charge in [-0.2, -0.15) is 0 Å². The van der Waals surface area contributed by atoms with Crippen LogP contribution in [-0.2, 0) is 4.79 Å². The van der Waals surface area contributed by atoms with Gasteiger partial charge in [-0.05, 0) is 6.42 Å². The zero-order chi connectivity index (χ0) is 22.3. The van der Waals surface area contributed by atoms with Crippen molar-refractivity contribution in [2.75, 3.05) is 0 Å². The van der Waals surface area contributed by atoms with Gasteiger partial charge in [0.1, 0.15) is 0 Å². The van der Waals surface area contributed by atoms with E-state index in [0.717, 1.165) is 6.42 Å². The molecule has 0 rings (SSSR count). The molecule has 180 valence electrons. The van der Waals surface area contributed by atoms with Crippen molar-refractivity contribution in [3.05, 3.63) is 0 Å². The Bertz CT molecular complexity index is 370. The molecule has 2 N–H and O–H groups in total. The summed E-state index contributed by atoms with van der Waals surface area (Å²) in [6.07, 6.45) is 28.6. The molecule has 0 aromatic heterocycles. The van der Waals surface area contributed by atoms with E-state index in [1.54, 1.807) is 0 Å². The molecule has 0 fully saturated rings. The quantitative estimate of drug-likeness (QED) is 0.118. The van der Waals surface area contributed by atoms with Crippen molar-refractivity contribution in [1.29, 1.82) is 0 Å². The Hall–Kier alpha value is -0.313. The highest BCUT2D eigenvalue weighted by molar-refractivity contribution is 6.77. The van der Waals surface area contributed by atoms with Crippen LogP contribution in [0.15, 0.2) is 0 Å². The number of rotatable bonds is 24. The monoisotopic (exact) mass is 439 g/mol. The molecule has 1 amide bonds. The average molecular weight is 440 g/mol. The van der Waals surface area contributed by atoms with Gasteiger partial charge in [0, 0.05) is 14.5 Å². The number of primary amides is 1. The molecule has 0 aliphatic carbocycles. The van der Waals surface area contributed by atoms with Crippen LogP contribution in [0.1, 0.15) is 142 Å². The molecule has 0 aromatic carbocycles. The van der Waals surface area contributed by atoms with Crippen molar-refractivity contribution in [3.63, 3.8) is 0 Å². The summed E-state index contributed by atoms with van der Waals surface area (Å²) in [5.41, 5.74) is 5.20. The Labute approximate surface area is 191 Å². The van der Waals surface area contributed by atoms with E-state index < -0.39 is 8.07 Å². The summed E-state index contributed by atoms with van der Waals surface area (Å²) in [6.45, 7) is 7.44. The molecule has 0 aliphatic rings. The van der Waals surface area contributed by atoms with Gasteiger partial charge in [-0.3, -0.25) is 4.79 Å². The number of hydrogen-bond acceptors (Lipinski definition) is 1. The number of hydrogen-bond donors (Lipinski definition) is 1. The zero-order valence-electron chi connectivity index (χ0n) is 21.2. The summed E-state index contributed by atoms with van der Waals surface area (Å²) >= 11 is 0. The molecule has 3 heteroatoms. The minimum atomic E-state index is -0.984. The highest BCUT2D eigenvalue weighted by Gasteiger charge is 2.18. The Kier molecular flexibility index (Phi) is 21.7. The standard InChI is InChI=1S/C27H57NOSi/c1-4-5-6-7-8-9-10-11-12-13-14-15-16-17-19-22-25-30(2,3)26-23-20-18-21-24-27(28)29/h4-26H2,1-3H3,(H2,28,29). The van der Waals surface area contributed by atoms with Crippen LogP contribution in [0.25, 0.3) is 0 Å². The molecule has 0 aromatic rings. The van der Waals surface area contributed by atoms with Crippen LogP contribution in [0.5, 0.6) is 0 Å². The van der Waals surface area contributed by atoms with Gasteiger partial charge in [-0.15, -0.1) is 0 Å². The molecule has 2 nitrogen and oxygen atoms in total. The fourth-order valence-electron chi connectivity index (χ4n) is 4.53. The van der Waals surface area contributed by atoms with Crippen LogP contribution in [-0.4, -0.2) is 14.0 Å². The lowest BCUT2D eigenvalue weighted by atomic mass is 10.0. The van der Waals surface area contributed by atoms with Gasteiger partial charge < -0.3 is 5.73 Å². The van der Waals surface area contributed by atoms with E-state index in [1.807, 2.05) is 0 Å². The molecule has 0 spiro atoms. The number of carbonyl (C=O) groups is 1. The first-order valence-electron chi connectivity index (χ1n) is 13.8. The van der Waals surface area contributed by atoms with E-state index in [0.29, 0.717) is 6.42 Å². The summed E-state index contributed by atoms with van der Waals surface area (Å²) in [4.78, 5) is 10.7. The highest BCUT2D eigenvalue weighted by Crippen LogP contribution is 2.23. The molecule has 0 atom stereocenters. The molecule has 0 saturated carbocycles. The average Bonchev–Trinajstić information content (AvgIpc) is 2.70. The lowest BCUT2D eigenvalue weighted by Crippen LogP contribution is -2.24. The van der Waals surface area contributed by atoms with Crippen molar-refractivity contribution in [3.8, 4) is 0 Å². The van der Waals surface area contributed by atoms with Crippen LogP contribution in [0.3, 0.4) is 0 Å². The maximum absolute atomic E-state index is 10.7. The van der Waals surface area contributed by atoms with Gasteiger partial charge in [-0.25, -0.2) is 0 Å². The maximum Gasteiger partial charge on any atom is 0.217 e. The summed E-state index contributed by atoms with van der Waals surface area (Å²) < 4.78 is 0. The third kappa shape index (κ3) is 24.0. The molecule has 0 unspecified atom stereocenters. The second-order valence-electron chi connectivity index (χ2n) is 10.6. The van der Waals surface area contributed by atoms with Crippen LogP contribution in [0.4, 0.5) is 0 Å². The van der Waals surface area contributed by atoms with Gasteiger partial charge in [0.2, 0.25) is 5.91 Å². The Morgan fingerprint density at radius 2 is 0.833 bits per heavy atom. The zero-order valence-corrected chi connectivity index (χ0v) is 22.2. The normalized spacial score (nSPS) is 11.8. The summed E-state index contributed by atoms with van der Waals surface area (Å²) in [6, 6.07) is 2.97. The second-order valence-corrected chi connectivity index (χ2v) is 15.9. The first kappa shape index (κ1) is 29.7. The van der Waals surface area contributed by atoms with Crippen LogP contribution in [0, 0.1) is 0 Å².